The summed E-state index contributed by atoms with van der Waals surface area (Å²) < 4.78 is 0. The van der Waals surface area contributed by atoms with Gasteiger partial charge < -0.3 is 0 Å². The molecule has 0 aliphatic heterocycles. The predicted molar refractivity (Wildman–Crippen MR) is 73.4 cm³/mol. The molecule has 0 radical (unpaired) electrons. The normalized spacial score (nSPS) is 10.2. The van der Waals surface area contributed by atoms with E-state index in [-0.39, 0.29) is 5.91 Å². The van der Waals surface area contributed by atoms with Crippen molar-refractivity contribution in [1.29, 1.82) is 0 Å². The maximum Gasteiger partial charge on any atom is 0.272 e. The quantitative estimate of drug-likeness (QED) is 0.498. The number of carbonyl (C=O) groups excluding carboxylic acids is 1. The first-order valence-corrected chi connectivity index (χ1v) is 5.81. The highest BCUT2D eigenvalue weighted by atomic mass is 16.2. The molecule has 0 bridgehead atoms. The lowest BCUT2D eigenvalue weighted by molar-refractivity contribution is 0.0987. The van der Waals surface area contributed by atoms with Crippen LogP contribution in [0.15, 0.2) is 48.5 Å². The highest BCUT2D eigenvalue weighted by Crippen LogP contribution is 2.15. The summed E-state index contributed by atoms with van der Waals surface area (Å²) in [4.78, 5) is 12.2. The summed E-state index contributed by atoms with van der Waals surface area (Å²) in [6, 6.07) is 14.8. The molecular weight excluding hydrogens is 224 g/mol. The van der Waals surface area contributed by atoms with Crippen molar-refractivity contribution in [2.45, 2.75) is 13.8 Å². The van der Waals surface area contributed by atoms with Crippen molar-refractivity contribution in [1.82, 2.24) is 0 Å². The summed E-state index contributed by atoms with van der Waals surface area (Å²) in [5.41, 5.74) is 3.53. The second kappa shape index (κ2) is 5.02. The fourth-order valence-corrected chi connectivity index (χ4v) is 1.72. The molecule has 0 atom stereocenters. The predicted octanol–water partition coefficient (Wildman–Crippen LogP) is 2.82. The van der Waals surface area contributed by atoms with Crippen molar-refractivity contribution in [3.05, 3.63) is 65.2 Å². The Bertz CT molecular complexity index is 564. The third-order valence-corrected chi connectivity index (χ3v) is 3.01. The number of benzene rings is 2. The number of aryl methyl sites for hydroxylation is 2. The van der Waals surface area contributed by atoms with Gasteiger partial charge in [0, 0.05) is 5.56 Å². The molecule has 0 aliphatic rings. The van der Waals surface area contributed by atoms with Crippen LogP contribution in [0.5, 0.6) is 0 Å². The van der Waals surface area contributed by atoms with Crippen LogP contribution in [-0.2, 0) is 0 Å². The molecule has 92 valence electrons. The Hall–Kier alpha value is -2.13. The molecule has 0 aliphatic carbocycles. The molecule has 3 heteroatoms. The highest BCUT2D eigenvalue weighted by molar-refractivity contribution is 6.05. The number of carbonyl (C=O) groups is 1. The third-order valence-electron chi connectivity index (χ3n) is 3.01. The van der Waals surface area contributed by atoms with Gasteiger partial charge in [-0.05, 0) is 49.2 Å². The Kier molecular flexibility index (Phi) is 3.44. The average Bonchev–Trinajstić information content (AvgIpc) is 2.41. The van der Waals surface area contributed by atoms with Crippen LogP contribution in [0, 0.1) is 13.8 Å². The lowest BCUT2D eigenvalue weighted by atomic mass is 10.1. The van der Waals surface area contributed by atoms with Gasteiger partial charge in [0.25, 0.3) is 5.91 Å². The van der Waals surface area contributed by atoms with Crippen molar-refractivity contribution in [2.24, 2.45) is 5.84 Å². The van der Waals surface area contributed by atoms with E-state index in [1.807, 2.05) is 44.2 Å². The van der Waals surface area contributed by atoms with E-state index in [0.29, 0.717) is 11.3 Å². The molecule has 2 aromatic rings. The van der Waals surface area contributed by atoms with Gasteiger partial charge in [-0.2, -0.15) is 0 Å². The number of hydrazine groups is 1. The minimum atomic E-state index is -0.204. The van der Waals surface area contributed by atoms with Crippen LogP contribution in [0.4, 0.5) is 5.69 Å². The van der Waals surface area contributed by atoms with Crippen LogP contribution in [0.2, 0.25) is 0 Å². The summed E-state index contributed by atoms with van der Waals surface area (Å²) in [6.07, 6.45) is 0. The van der Waals surface area contributed by atoms with Gasteiger partial charge in [-0.3, -0.25) is 4.79 Å². The third kappa shape index (κ3) is 2.41. The first kappa shape index (κ1) is 12.3. The van der Waals surface area contributed by atoms with Gasteiger partial charge in [0.15, 0.2) is 0 Å². The molecule has 0 fully saturated rings. The minimum absolute atomic E-state index is 0.204. The zero-order chi connectivity index (χ0) is 13.1. The maximum absolute atomic E-state index is 12.2. The summed E-state index contributed by atoms with van der Waals surface area (Å²) >= 11 is 0. The van der Waals surface area contributed by atoms with Gasteiger partial charge in [-0.15, -0.1) is 0 Å². The second-order valence-corrected chi connectivity index (χ2v) is 4.31. The molecule has 0 unspecified atom stereocenters. The van der Waals surface area contributed by atoms with Crippen LogP contribution in [-0.4, -0.2) is 5.91 Å². The standard InChI is InChI=1S/C15H16N2O/c1-11-8-9-13(10-12(11)2)15(18)17(16)14-6-4-3-5-7-14/h3-10H,16H2,1-2H3. The molecule has 2 rings (SSSR count). The Labute approximate surface area is 107 Å². The van der Waals surface area contributed by atoms with Crippen molar-refractivity contribution < 1.29 is 4.79 Å². The van der Waals surface area contributed by atoms with Gasteiger partial charge in [0.05, 0.1) is 5.69 Å². The van der Waals surface area contributed by atoms with E-state index in [1.165, 1.54) is 5.01 Å². The zero-order valence-corrected chi connectivity index (χ0v) is 10.6. The number of hydrogen-bond donors (Lipinski definition) is 1. The number of amides is 1. The monoisotopic (exact) mass is 240 g/mol. The minimum Gasteiger partial charge on any atom is -0.267 e. The number of para-hydroxylation sites is 1. The Balaban J connectivity index is 2.29. The van der Waals surface area contributed by atoms with Crippen molar-refractivity contribution in [3.8, 4) is 0 Å². The van der Waals surface area contributed by atoms with Crippen molar-refractivity contribution >= 4 is 11.6 Å². The summed E-state index contributed by atoms with van der Waals surface area (Å²) in [5.74, 6) is 5.64. The fraction of sp³-hybridized carbons (Fsp3) is 0.133. The largest absolute Gasteiger partial charge is 0.272 e. The number of nitrogens with zero attached hydrogens (tertiary/aromatic N) is 1. The van der Waals surface area contributed by atoms with Crippen LogP contribution < -0.4 is 10.9 Å². The smallest absolute Gasteiger partial charge is 0.267 e. The van der Waals surface area contributed by atoms with E-state index in [4.69, 9.17) is 5.84 Å². The van der Waals surface area contributed by atoms with Gasteiger partial charge in [0.2, 0.25) is 0 Å². The summed E-state index contributed by atoms with van der Waals surface area (Å²) in [6.45, 7) is 4.00. The molecule has 0 saturated heterocycles. The van der Waals surface area contributed by atoms with Gasteiger partial charge in [0.1, 0.15) is 0 Å². The first-order valence-electron chi connectivity index (χ1n) is 5.81. The van der Waals surface area contributed by atoms with Crippen LogP contribution >= 0.6 is 0 Å². The maximum atomic E-state index is 12.2. The molecule has 3 nitrogen and oxygen atoms in total. The van der Waals surface area contributed by atoms with Crippen LogP contribution in [0.3, 0.4) is 0 Å². The van der Waals surface area contributed by atoms with Gasteiger partial charge >= 0.3 is 0 Å². The van der Waals surface area contributed by atoms with E-state index >= 15 is 0 Å². The van der Waals surface area contributed by atoms with E-state index in [0.717, 1.165) is 11.1 Å². The SMILES string of the molecule is Cc1ccc(C(=O)N(N)c2ccccc2)cc1C. The molecule has 0 aromatic heterocycles. The Morgan fingerprint density at radius 2 is 1.67 bits per heavy atom. The van der Waals surface area contributed by atoms with Gasteiger partial charge in [-0.25, -0.2) is 10.9 Å². The molecular formula is C15H16N2O. The molecule has 2 N–H and O–H groups in total. The molecule has 0 saturated carbocycles. The number of anilines is 1. The molecule has 0 heterocycles. The van der Waals surface area contributed by atoms with E-state index in [1.54, 1.807) is 18.2 Å². The lowest BCUT2D eigenvalue weighted by Gasteiger charge is -2.17. The summed E-state index contributed by atoms with van der Waals surface area (Å²) in [7, 11) is 0. The van der Waals surface area contributed by atoms with Crippen molar-refractivity contribution in [2.75, 3.05) is 5.01 Å². The number of hydrogen-bond acceptors (Lipinski definition) is 2. The lowest BCUT2D eigenvalue weighted by Crippen LogP contribution is -2.37. The fourth-order valence-electron chi connectivity index (χ4n) is 1.72. The zero-order valence-electron chi connectivity index (χ0n) is 10.6. The second-order valence-electron chi connectivity index (χ2n) is 4.31. The van der Waals surface area contributed by atoms with Crippen LogP contribution in [0.1, 0.15) is 21.5 Å². The van der Waals surface area contributed by atoms with E-state index in [2.05, 4.69) is 0 Å². The van der Waals surface area contributed by atoms with Gasteiger partial charge in [-0.1, -0.05) is 24.3 Å². The molecule has 2 aromatic carbocycles. The Morgan fingerprint density at radius 1 is 1.00 bits per heavy atom. The van der Waals surface area contributed by atoms with Crippen LogP contribution in [0.25, 0.3) is 0 Å². The molecule has 1 amide bonds. The summed E-state index contributed by atoms with van der Waals surface area (Å²) in [5, 5.41) is 1.17. The number of nitrogens with two attached hydrogens (primary N) is 1. The number of rotatable bonds is 2. The topological polar surface area (TPSA) is 46.3 Å². The van der Waals surface area contributed by atoms with Crippen molar-refractivity contribution in [3.63, 3.8) is 0 Å². The van der Waals surface area contributed by atoms with E-state index in [9.17, 15) is 4.79 Å². The highest BCUT2D eigenvalue weighted by Gasteiger charge is 2.14. The Morgan fingerprint density at radius 3 is 2.28 bits per heavy atom. The molecule has 0 spiro atoms. The molecule has 18 heavy (non-hydrogen) atoms. The van der Waals surface area contributed by atoms with E-state index < -0.39 is 0 Å². The first-order chi connectivity index (χ1) is 8.59. The average molecular weight is 240 g/mol.